The van der Waals surface area contributed by atoms with Crippen molar-refractivity contribution in [3.05, 3.63) is 0 Å². The van der Waals surface area contributed by atoms with Crippen LogP contribution in [0.2, 0.25) is 0 Å². The van der Waals surface area contributed by atoms with Gasteiger partial charge in [-0.25, -0.2) is 9.59 Å². The van der Waals surface area contributed by atoms with Gasteiger partial charge in [-0.15, -0.1) is 0 Å². The molecule has 2 N–H and O–H groups in total. The topological polar surface area (TPSA) is 93.1 Å². The van der Waals surface area contributed by atoms with Gasteiger partial charge in [-0.2, -0.15) is 0 Å². The lowest BCUT2D eigenvalue weighted by molar-refractivity contribution is -0.185. The fourth-order valence-electron chi connectivity index (χ4n) is 5.20. The first kappa shape index (κ1) is 25.1. The van der Waals surface area contributed by atoms with E-state index in [1.807, 2.05) is 0 Å². The monoisotopic (exact) mass is 426 g/mol. The van der Waals surface area contributed by atoms with Crippen LogP contribution in [0.4, 0.5) is 0 Å². The Morgan fingerprint density at radius 2 is 1.03 bits per heavy atom. The van der Waals surface area contributed by atoms with Crippen LogP contribution in [0.3, 0.4) is 0 Å². The Bertz CT molecular complexity index is 524. The van der Waals surface area contributed by atoms with Crippen molar-refractivity contribution >= 4 is 11.9 Å². The SMILES string of the molecule is CC(C)[C@@H]1CC[C@@H](C)CC1OC(=O)[C@@H](O)[C@H](O)C(=O)O[C@H]1C[C@H](C)CC[C@H]1C(C)C. The number of carbonyl (C=O) groups excluding carboxylic acids is 2. The summed E-state index contributed by atoms with van der Waals surface area (Å²) in [4.78, 5) is 25.0. The standard InChI is InChI=1S/C24H42O6/c1-13(2)17-9-7-15(5)11-19(17)29-23(27)21(25)22(26)24(28)30-20-12-16(6)8-10-18(20)14(3)4/h13-22,25-26H,7-12H2,1-6H3/t15-,16-,17+,18+,19+,20?,21+,22+/m1/s1. The molecule has 0 saturated heterocycles. The zero-order valence-electron chi connectivity index (χ0n) is 19.5. The molecule has 2 rings (SSSR count). The summed E-state index contributed by atoms with van der Waals surface area (Å²) in [6.45, 7) is 12.6. The number of aliphatic hydroxyl groups is 2. The molecule has 1 unspecified atom stereocenters. The second-order valence-electron chi connectivity index (χ2n) is 10.5. The minimum absolute atomic E-state index is 0.219. The predicted molar refractivity (Wildman–Crippen MR) is 114 cm³/mol. The van der Waals surface area contributed by atoms with Crippen LogP contribution in [0, 0.1) is 35.5 Å². The third-order valence-electron chi connectivity index (χ3n) is 7.24. The largest absolute Gasteiger partial charge is 0.460 e. The number of rotatable bonds is 7. The summed E-state index contributed by atoms with van der Waals surface area (Å²) in [5.41, 5.74) is 0. The van der Waals surface area contributed by atoms with E-state index in [0.717, 1.165) is 38.5 Å². The average Bonchev–Trinajstić information content (AvgIpc) is 2.66. The van der Waals surface area contributed by atoms with Crippen LogP contribution in [0.15, 0.2) is 0 Å². The van der Waals surface area contributed by atoms with Crippen molar-refractivity contribution in [3.8, 4) is 0 Å². The molecule has 2 aliphatic carbocycles. The van der Waals surface area contributed by atoms with Crippen molar-refractivity contribution in [1.82, 2.24) is 0 Å². The minimum atomic E-state index is -1.93. The van der Waals surface area contributed by atoms with Crippen LogP contribution in [0.25, 0.3) is 0 Å². The fraction of sp³-hybridized carbons (Fsp3) is 0.917. The molecule has 0 aromatic rings. The molecule has 0 amide bonds. The van der Waals surface area contributed by atoms with E-state index in [-0.39, 0.29) is 24.0 Å². The van der Waals surface area contributed by atoms with Crippen molar-refractivity contribution in [2.24, 2.45) is 35.5 Å². The second-order valence-corrected chi connectivity index (χ2v) is 10.5. The molecule has 6 heteroatoms. The predicted octanol–water partition coefficient (Wildman–Crippen LogP) is 3.72. The molecule has 0 bridgehead atoms. The molecular weight excluding hydrogens is 384 g/mol. The van der Waals surface area contributed by atoms with Gasteiger partial charge in [0, 0.05) is 0 Å². The molecule has 0 aliphatic heterocycles. The fourth-order valence-corrected chi connectivity index (χ4v) is 5.20. The molecule has 0 radical (unpaired) electrons. The lowest BCUT2D eigenvalue weighted by Gasteiger charge is -2.38. The molecule has 2 saturated carbocycles. The van der Waals surface area contributed by atoms with E-state index in [0.29, 0.717) is 23.7 Å². The van der Waals surface area contributed by atoms with Gasteiger partial charge in [0.1, 0.15) is 12.2 Å². The first-order chi connectivity index (χ1) is 14.0. The van der Waals surface area contributed by atoms with E-state index < -0.39 is 24.1 Å². The van der Waals surface area contributed by atoms with Gasteiger partial charge in [-0.05, 0) is 61.2 Å². The molecule has 0 aromatic heterocycles. The maximum absolute atomic E-state index is 12.5. The van der Waals surface area contributed by atoms with E-state index in [4.69, 9.17) is 9.47 Å². The van der Waals surface area contributed by atoms with E-state index in [9.17, 15) is 19.8 Å². The summed E-state index contributed by atoms with van der Waals surface area (Å²) >= 11 is 0. The maximum Gasteiger partial charge on any atom is 0.338 e. The van der Waals surface area contributed by atoms with Crippen LogP contribution in [0.1, 0.15) is 80.1 Å². The van der Waals surface area contributed by atoms with Crippen LogP contribution < -0.4 is 0 Å². The highest BCUT2D eigenvalue weighted by Crippen LogP contribution is 2.37. The summed E-state index contributed by atoms with van der Waals surface area (Å²) in [6.07, 6.45) is 1.11. The zero-order valence-corrected chi connectivity index (χ0v) is 19.5. The number of hydrogen-bond acceptors (Lipinski definition) is 6. The maximum atomic E-state index is 12.5. The lowest BCUT2D eigenvalue weighted by atomic mass is 9.75. The van der Waals surface area contributed by atoms with Crippen molar-refractivity contribution in [3.63, 3.8) is 0 Å². The van der Waals surface area contributed by atoms with Gasteiger partial charge in [0.15, 0.2) is 12.2 Å². The third kappa shape index (κ3) is 6.43. The normalized spacial score (nSPS) is 34.5. The number of carbonyl (C=O) groups is 2. The number of esters is 2. The summed E-state index contributed by atoms with van der Waals surface area (Å²) < 4.78 is 11.2. The molecule has 6 nitrogen and oxygen atoms in total. The Hall–Kier alpha value is -1.14. The molecule has 8 atom stereocenters. The molecule has 2 fully saturated rings. The van der Waals surface area contributed by atoms with Crippen LogP contribution in [-0.4, -0.2) is 46.6 Å². The first-order valence-electron chi connectivity index (χ1n) is 11.8. The summed E-state index contributed by atoms with van der Waals surface area (Å²) in [5, 5.41) is 20.6. The summed E-state index contributed by atoms with van der Waals surface area (Å²) in [7, 11) is 0. The van der Waals surface area contributed by atoms with Gasteiger partial charge in [-0.3, -0.25) is 0 Å². The van der Waals surface area contributed by atoms with Gasteiger partial charge >= 0.3 is 11.9 Å². The molecule has 30 heavy (non-hydrogen) atoms. The minimum Gasteiger partial charge on any atom is -0.460 e. The van der Waals surface area contributed by atoms with Crippen molar-refractivity contribution < 1.29 is 29.3 Å². The van der Waals surface area contributed by atoms with Gasteiger partial charge in [0.25, 0.3) is 0 Å². The Morgan fingerprint density at radius 3 is 1.33 bits per heavy atom. The van der Waals surface area contributed by atoms with Crippen molar-refractivity contribution in [2.45, 2.75) is 104 Å². The van der Waals surface area contributed by atoms with E-state index in [1.165, 1.54) is 0 Å². The van der Waals surface area contributed by atoms with E-state index >= 15 is 0 Å². The van der Waals surface area contributed by atoms with Gasteiger partial charge < -0.3 is 19.7 Å². The van der Waals surface area contributed by atoms with E-state index in [1.54, 1.807) is 0 Å². The smallest absolute Gasteiger partial charge is 0.338 e. The Kier molecular flexibility index (Phi) is 9.16. The number of hydrogen-bond donors (Lipinski definition) is 2. The molecule has 174 valence electrons. The molecule has 2 aliphatic rings. The second kappa shape index (κ2) is 10.9. The Balaban J connectivity index is 1.96. The lowest BCUT2D eigenvalue weighted by Crippen LogP contribution is -2.47. The summed E-state index contributed by atoms with van der Waals surface area (Å²) in [5.74, 6) is 0.126. The highest BCUT2D eigenvalue weighted by molar-refractivity contribution is 5.85. The summed E-state index contributed by atoms with van der Waals surface area (Å²) in [6, 6.07) is 0. The average molecular weight is 427 g/mol. The van der Waals surface area contributed by atoms with Crippen molar-refractivity contribution in [2.75, 3.05) is 0 Å². The van der Waals surface area contributed by atoms with Gasteiger partial charge in [-0.1, -0.05) is 54.4 Å². The molecular formula is C24H42O6. The number of ether oxygens (including phenoxy) is 2. The Morgan fingerprint density at radius 1 is 0.700 bits per heavy atom. The van der Waals surface area contributed by atoms with E-state index in [2.05, 4.69) is 41.5 Å². The quantitative estimate of drug-likeness (QED) is 0.603. The highest BCUT2D eigenvalue weighted by Gasteiger charge is 2.40. The number of aliphatic hydroxyl groups excluding tert-OH is 2. The molecule has 0 aromatic carbocycles. The van der Waals surface area contributed by atoms with Gasteiger partial charge in [0.05, 0.1) is 0 Å². The third-order valence-corrected chi connectivity index (χ3v) is 7.24. The zero-order chi connectivity index (χ0) is 22.6. The van der Waals surface area contributed by atoms with Gasteiger partial charge in [0.2, 0.25) is 0 Å². The highest BCUT2D eigenvalue weighted by atomic mass is 16.6. The van der Waals surface area contributed by atoms with Crippen molar-refractivity contribution in [1.29, 1.82) is 0 Å². The first-order valence-corrected chi connectivity index (χ1v) is 11.8. The molecule has 0 heterocycles. The Labute approximate surface area is 181 Å². The molecule has 0 spiro atoms. The van der Waals surface area contributed by atoms with Crippen LogP contribution in [-0.2, 0) is 19.1 Å². The van der Waals surface area contributed by atoms with Crippen LogP contribution in [0.5, 0.6) is 0 Å². The van der Waals surface area contributed by atoms with Crippen LogP contribution >= 0.6 is 0 Å².